The maximum absolute atomic E-state index is 4.95. The van der Waals surface area contributed by atoms with Gasteiger partial charge in [0.25, 0.3) is 0 Å². The number of nitrogens with zero attached hydrogens (tertiary/aromatic N) is 2. The number of hydrogen-bond acceptors (Lipinski definition) is 2. The first kappa shape index (κ1) is 13.5. The van der Waals surface area contributed by atoms with E-state index < -0.39 is 0 Å². The number of halogens is 1. The fourth-order valence-corrected chi connectivity index (χ4v) is 4.53. The van der Waals surface area contributed by atoms with Gasteiger partial charge in [-0.25, -0.2) is 4.68 Å². The van der Waals surface area contributed by atoms with Gasteiger partial charge in [-0.15, -0.1) is 0 Å². The van der Waals surface area contributed by atoms with E-state index in [2.05, 4.69) is 46.7 Å². The first-order valence-corrected chi connectivity index (χ1v) is 8.30. The van der Waals surface area contributed by atoms with Crippen LogP contribution in [0.5, 0.6) is 0 Å². The van der Waals surface area contributed by atoms with Crippen LogP contribution in [0, 0.1) is 5.92 Å². The molecule has 1 aliphatic carbocycles. The van der Waals surface area contributed by atoms with Crippen LogP contribution in [0.1, 0.15) is 64.6 Å². The second kappa shape index (κ2) is 4.80. The van der Waals surface area contributed by atoms with Crippen molar-refractivity contribution in [1.29, 1.82) is 0 Å². The van der Waals surface area contributed by atoms with Crippen LogP contribution in [0.25, 0.3) is 0 Å². The molecule has 2 aliphatic rings. The molecule has 3 nitrogen and oxygen atoms in total. The quantitative estimate of drug-likeness (QED) is 0.824. The van der Waals surface area contributed by atoms with Crippen LogP contribution >= 0.6 is 15.9 Å². The Hall–Kier alpha value is -0.510. The highest BCUT2D eigenvalue weighted by Gasteiger charge is 2.34. The molecular formula is C15H24BrN3. The molecule has 19 heavy (non-hydrogen) atoms. The molecule has 1 atom stereocenters. The SMILES string of the molecule is CC(C)(C)c1nn2c(c1Br)NCCC2C1CCCC1. The minimum absolute atomic E-state index is 0.0884. The number of aromatic nitrogens is 2. The molecule has 3 rings (SSSR count). The van der Waals surface area contributed by atoms with Gasteiger partial charge >= 0.3 is 0 Å². The fraction of sp³-hybridized carbons (Fsp3) is 0.800. The van der Waals surface area contributed by atoms with E-state index in [1.807, 2.05) is 0 Å². The van der Waals surface area contributed by atoms with E-state index >= 15 is 0 Å². The molecular weight excluding hydrogens is 302 g/mol. The molecule has 2 heterocycles. The predicted molar refractivity (Wildman–Crippen MR) is 82.7 cm³/mol. The Kier molecular flexibility index (Phi) is 3.40. The summed E-state index contributed by atoms with van der Waals surface area (Å²) in [5, 5.41) is 8.49. The monoisotopic (exact) mass is 325 g/mol. The molecule has 0 aromatic carbocycles. The van der Waals surface area contributed by atoms with E-state index in [0.717, 1.165) is 12.5 Å². The summed E-state index contributed by atoms with van der Waals surface area (Å²) < 4.78 is 3.45. The van der Waals surface area contributed by atoms with Gasteiger partial charge in [0, 0.05) is 12.0 Å². The molecule has 0 amide bonds. The van der Waals surface area contributed by atoms with E-state index in [0.29, 0.717) is 6.04 Å². The maximum atomic E-state index is 4.95. The Morgan fingerprint density at radius 2 is 1.89 bits per heavy atom. The molecule has 1 fully saturated rings. The highest BCUT2D eigenvalue weighted by Crippen LogP contribution is 2.43. The number of anilines is 1. The van der Waals surface area contributed by atoms with Gasteiger partial charge < -0.3 is 5.32 Å². The third-order valence-corrected chi connectivity index (χ3v) is 5.30. The first-order valence-electron chi connectivity index (χ1n) is 7.51. The van der Waals surface area contributed by atoms with Crippen molar-refractivity contribution in [2.24, 2.45) is 5.92 Å². The van der Waals surface area contributed by atoms with Gasteiger partial charge in [-0.2, -0.15) is 5.10 Å². The zero-order chi connectivity index (χ0) is 13.6. The highest BCUT2D eigenvalue weighted by atomic mass is 79.9. The zero-order valence-corrected chi connectivity index (χ0v) is 13.8. The number of rotatable bonds is 1. The van der Waals surface area contributed by atoms with Crippen molar-refractivity contribution >= 4 is 21.7 Å². The number of nitrogens with one attached hydrogen (secondary N) is 1. The standard InChI is InChI=1S/C15H24BrN3/c1-15(2,3)13-12(16)14-17-9-8-11(19(14)18-13)10-6-4-5-7-10/h10-11,17H,4-9H2,1-3H3. The Bertz CT molecular complexity index is 466. The van der Waals surface area contributed by atoms with Crippen LogP contribution in [0.15, 0.2) is 4.47 Å². The van der Waals surface area contributed by atoms with Crippen molar-refractivity contribution in [2.75, 3.05) is 11.9 Å². The van der Waals surface area contributed by atoms with Crippen molar-refractivity contribution in [2.45, 2.75) is 64.3 Å². The summed E-state index contributed by atoms with van der Waals surface area (Å²) in [6.45, 7) is 7.78. The average Bonchev–Trinajstić information content (AvgIpc) is 2.96. The van der Waals surface area contributed by atoms with E-state index in [9.17, 15) is 0 Å². The molecule has 1 aromatic heterocycles. The van der Waals surface area contributed by atoms with Crippen LogP contribution < -0.4 is 5.32 Å². The van der Waals surface area contributed by atoms with Crippen LogP contribution in [-0.2, 0) is 5.41 Å². The summed E-state index contributed by atoms with van der Waals surface area (Å²) in [7, 11) is 0. The predicted octanol–water partition coefficient (Wildman–Crippen LogP) is 4.49. The molecule has 106 valence electrons. The van der Waals surface area contributed by atoms with Crippen LogP contribution in [0.4, 0.5) is 5.82 Å². The molecule has 0 radical (unpaired) electrons. The zero-order valence-electron chi connectivity index (χ0n) is 12.2. The van der Waals surface area contributed by atoms with Crippen molar-refractivity contribution in [3.8, 4) is 0 Å². The van der Waals surface area contributed by atoms with E-state index in [1.54, 1.807) is 0 Å². The van der Waals surface area contributed by atoms with Gasteiger partial charge in [-0.05, 0) is 41.1 Å². The Morgan fingerprint density at radius 3 is 2.53 bits per heavy atom. The number of fused-ring (bicyclic) bond motifs is 1. The second-order valence-corrected chi connectivity index (χ2v) is 7.83. The summed E-state index contributed by atoms with van der Waals surface area (Å²) in [5.74, 6) is 2.04. The smallest absolute Gasteiger partial charge is 0.139 e. The molecule has 0 saturated heterocycles. The highest BCUT2D eigenvalue weighted by molar-refractivity contribution is 9.10. The lowest BCUT2D eigenvalue weighted by Crippen LogP contribution is -2.28. The van der Waals surface area contributed by atoms with Gasteiger partial charge in [0.05, 0.1) is 16.2 Å². The lowest BCUT2D eigenvalue weighted by molar-refractivity contribution is 0.287. The molecule has 1 unspecified atom stereocenters. The molecule has 1 aromatic rings. The lowest BCUT2D eigenvalue weighted by atomic mass is 9.92. The van der Waals surface area contributed by atoms with Crippen LogP contribution in [0.3, 0.4) is 0 Å². The van der Waals surface area contributed by atoms with Crippen molar-refractivity contribution in [3.63, 3.8) is 0 Å². The first-order chi connectivity index (χ1) is 8.98. The normalized spacial score (nSPS) is 24.3. The van der Waals surface area contributed by atoms with E-state index in [1.165, 1.54) is 48.1 Å². The fourth-order valence-electron chi connectivity index (χ4n) is 3.53. The molecule has 0 spiro atoms. The molecule has 1 saturated carbocycles. The maximum Gasteiger partial charge on any atom is 0.139 e. The van der Waals surface area contributed by atoms with Gasteiger partial charge in [0.15, 0.2) is 0 Å². The second-order valence-electron chi connectivity index (χ2n) is 7.03. The van der Waals surface area contributed by atoms with Gasteiger partial charge in [-0.3, -0.25) is 0 Å². The van der Waals surface area contributed by atoms with Crippen molar-refractivity contribution in [3.05, 3.63) is 10.2 Å². The van der Waals surface area contributed by atoms with Crippen LogP contribution in [-0.4, -0.2) is 16.3 Å². The summed E-state index contributed by atoms with van der Waals surface area (Å²) in [6, 6.07) is 0.603. The largest absolute Gasteiger partial charge is 0.369 e. The minimum atomic E-state index is 0.0884. The average molecular weight is 326 g/mol. The summed E-state index contributed by atoms with van der Waals surface area (Å²) in [4.78, 5) is 0. The molecule has 0 bridgehead atoms. The van der Waals surface area contributed by atoms with E-state index in [4.69, 9.17) is 5.10 Å². The summed E-state index contributed by atoms with van der Waals surface area (Å²) >= 11 is 3.76. The minimum Gasteiger partial charge on any atom is -0.369 e. The van der Waals surface area contributed by atoms with Gasteiger partial charge in [-0.1, -0.05) is 33.6 Å². The Morgan fingerprint density at radius 1 is 1.21 bits per heavy atom. The van der Waals surface area contributed by atoms with Crippen molar-refractivity contribution in [1.82, 2.24) is 9.78 Å². The molecule has 4 heteroatoms. The van der Waals surface area contributed by atoms with Crippen molar-refractivity contribution < 1.29 is 0 Å². The topological polar surface area (TPSA) is 29.9 Å². The number of hydrogen-bond donors (Lipinski definition) is 1. The van der Waals surface area contributed by atoms with E-state index in [-0.39, 0.29) is 5.41 Å². The summed E-state index contributed by atoms with van der Waals surface area (Å²) in [5.41, 5.74) is 1.27. The third kappa shape index (κ3) is 2.32. The van der Waals surface area contributed by atoms with Gasteiger partial charge in [0.2, 0.25) is 0 Å². The lowest BCUT2D eigenvalue weighted by Gasteiger charge is -2.30. The molecule has 1 N–H and O–H groups in total. The summed E-state index contributed by atoms with van der Waals surface area (Å²) in [6.07, 6.45) is 6.78. The Labute approximate surface area is 124 Å². The Balaban J connectivity index is 2.00. The molecule has 1 aliphatic heterocycles. The third-order valence-electron chi connectivity index (χ3n) is 4.55. The van der Waals surface area contributed by atoms with Gasteiger partial charge in [0.1, 0.15) is 5.82 Å². The van der Waals surface area contributed by atoms with Crippen LogP contribution in [0.2, 0.25) is 0 Å².